The lowest BCUT2D eigenvalue weighted by Gasteiger charge is -2.35. The first-order valence-corrected chi connectivity index (χ1v) is 10.9. The van der Waals surface area contributed by atoms with Crippen molar-refractivity contribution >= 4 is 39.2 Å². The molecular formula is C20H20FN3O2S2. The van der Waals surface area contributed by atoms with Gasteiger partial charge in [0.25, 0.3) is 0 Å². The molecule has 3 aromatic rings. The zero-order chi connectivity index (χ0) is 19.7. The lowest BCUT2D eigenvalue weighted by atomic mass is 10.2. The lowest BCUT2D eigenvalue weighted by molar-refractivity contribution is -0.140. The van der Waals surface area contributed by atoms with Crippen LogP contribution in [-0.4, -0.2) is 51.8 Å². The van der Waals surface area contributed by atoms with Gasteiger partial charge < -0.3 is 9.64 Å². The van der Waals surface area contributed by atoms with Crippen LogP contribution in [0.3, 0.4) is 0 Å². The standard InChI is InChI=1S/C20H20FN3O2S2/c1-12-8-24(9-13(2)26-12)18(25)10-27-20-19-16(22-11-23-20)7-17(28-19)14-3-5-15(21)6-4-14/h3-7,11-13H,8-10H2,1-2H3/t12-,13+. The summed E-state index contributed by atoms with van der Waals surface area (Å²) in [6, 6.07) is 8.38. The van der Waals surface area contributed by atoms with Gasteiger partial charge in [-0.3, -0.25) is 4.79 Å². The highest BCUT2D eigenvalue weighted by molar-refractivity contribution is 8.00. The van der Waals surface area contributed by atoms with Gasteiger partial charge in [0.2, 0.25) is 5.91 Å². The van der Waals surface area contributed by atoms with E-state index in [-0.39, 0.29) is 23.9 Å². The Kier molecular flexibility index (Phi) is 5.61. The van der Waals surface area contributed by atoms with Gasteiger partial charge in [-0.15, -0.1) is 11.3 Å². The van der Waals surface area contributed by atoms with Crippen molar-refractivity contribution in [2.45, 2.75) is 31.1 Å². The molecule has 0 spiro atoms. The van der Waals surface area contributed by atoms with Crippen LogP contribution in [0.1, 0.15) is 13.8 Å². The van der Waals surface area contributed by atoms with E-state index in [0.29, 0.717) is 18.8 Å². The summed E-state index contributed by atoms with van der Waals surface area (Å²) in [6.45, 7) is 5.21. The molecule has 4 rings (SSSR count). The molecule has 28 heavy (non-hydrogen) atoms. The monoisotopic (exact) mass is 417 g/mol. The Morgan fingerprint density at radius 1 is 1.25 bits per heavy atom. The van der Waals surface area contributed by atoms with Gasteiger partial charge in [-0.2, -0.15) is 0 Å². The number of morpholine rings is 1. The maximum atomic E-state index is 13.2. The van der Waals surface area contributed by atoms with Crippen molar-refractivity contribution in [2.24, 2.45) is 0 Å². The highest BCUT2D eigenvalue weighted by Gasteiger charge is 2.26. The number of rotatable bonds is 4. The number of ether oxygens (including phenoxy) is 1. The number of thioether (sulfide) groups is 1. The van der Waals surface area contributed by atoms with E-state index in [2.05, 4.69) is 9.97 Å². The second-order valence-electron chi connectivity index (χ2n) is 6.86. The molecule has 2 atom stereocenters. The van der Waals surface area contributed by atoms with E-state index in [0.717, 1.165) is 25.7 Å². The molecule has 5 nitrogen and oxygen atoms in total. The van der Waals surface area contributed by atoms with Crippen LogP contribution in [0.2, 0.25) is 0 Å². The number of aromatic nitrogens is 2. The summed E-state index contributed by atoms with van der Waals surface area (Å²) in [5, 5.41) is 0.797. The number of thiophene rings is 1. The first-order chi connectivity index (χ1) is 13.5. The van der Waals surface area contributed by atoms with E-state index in [9.17, 15) is 9.18 Å². The molecule has 2 aromatic heterocycles. The molecule has 1 fully saturated rings. The Hall–Kier alpha value is -2.03. The van der Waals surface area contributed by atoms with Crippen LogP contribution in [0.5, 0.6) is 0 Å². The molecule has 1 aliphatic rings. The summed E-state index contributed by atoms with van der Waals surface area (Å²) in [7, 11) is 0. The van der Waals surface area contributed by atoms with Crippen LogP contribution in [0.25, 0.3) is 20.7 Å². The maximum absolute atomic E-state index is 13.2. The Morgan fingerprint density at radius 2 is 1.96 bits per heavy atom. The molecule has 0 unspecified atom stereocenters. The minimum atomic E-state index is -0.258. The predicted octanol–water partition coefficient (Wildman–Crippen LogP) is 4.23. The summed E-state index contributed by atoms with van der Waals surface area (Å²) in [6.07, 6.45) is 1.63. The number of benzene rings is 1. The average Bonchev–Trinajstić information content (AvgIpc) is 3.10. The average molecular weight is 418 g/mol. The van der Waals surface area contributed by atoms with Crippen LogP contribution < -0.4 is 0 Å². The van der Waals surface area contributed by atoms with Crippen molar-refractivity contribution in [1.82, 2.24) is 14.9 Å². The Bertz CT molecular complexity index is 983. The first kappa shape index (κ1) is 19.3. The number of carbonyl (C=O) groups excluding carboxylic acids is 1. The molecular weight excluding hydrogens is 397 g/mol. The quantitative estimate of drug-likeness (QED) is 0.470. The molecule has 1 amide bonds. The molecule has 8 heteroatoms. The summed E-state index contributed by atoms with van der Waals surface area (Å²) < 4.78 is 19.8. The van der Waals surface area contributed by atoms with Crippen molar-refractivity contribution in [1.29, 1.82) is 0 Å². The van der Waals surface area contributed by atoms with E-state index < -0.39 is 0 Å². The summed E-state index contributed by atoms with van der Waals surface area (Å²) >= 11 is 2.99. The fraction of sp³-hybridized carbons (Fsp3) is 0.350. The van der Waals surface area contributed by atoms with Crippen molar-refractivity contribution in [3.63, 3.8) is 0 Å². The number of hydrogen-bond donors (Lipinski definition) is 0. The van der Waals surface area contributed by atoms with Crippen LogP contribution in [0.4, 0.5) is 4.39 Å². The number of fused-ring (bicyclic) bond motifs is 1. The van der Waals surface area contributed by atoms with Gasteiger partial charge in [0.05, 0.1) is 28.2 Å². The van der Waals surface area contributed by atoms with Gasteiger partial charge >= 0.3 is 0 Å². The second-order valence-corrected chi connectivity index (χ2v) is 8.87. The number of amides is 1. The Labute approximate surface area is 170 Å². The normalized spacial score (nSPS) is 19.9. The zero-order valence-corrected chi connectivity index (χ0v) is 17.2. The minimum absolute atomic E-state index is 0.0546. The molecule has 0 N–H and O–H groups in total. The molecule has 3 heterocycles. The fourth-order valence-electron chi connectivity index (χ4n) is 3.29. The SMILES string of the molecule is C[C@@H]1CN(C(=O)CSc2ncnc3cc(-c4ccc(F)cc4)sc23)C[C@H](C)O1. The number of hydrogen-bond acceptors (Lipinski definition) is 6. The van der Waals surface area contributed by atoms with Crippen LogP contribution >= 0.6 is 23.1 Å². The summed E-state index contributed by atoms with van der Waals surface area (Å²) in [5.74, 6) is 0.162. The fourth-order valence-corrected chi connectivity index (χ4v) is 5.40. The highest BCUT2D eigenvalue weighted by atomic mass is 32.2. The van der Waals surface area contributed by atoms with Gasteiger partial charge in [0.15, 0.2) is 0 Å². The maximum Gasteiger partial charge on any atom is 0.233 e. The van der Waals surface area contributed by atoms with Gasteiger partial charge in [0, 0.05) is 18.0 Å². The highest BCUT2D eigenvalue weighted by Crippen LogP contribution is 2.37. The third kappa shape index (κ3) is 4.19. The largest absolute Gasteiger partial charge is 0.372 e. The van der Waals surface area contributed by atoms with Gasteiger partial charge in [-0.05, 0) is 37.6 Å². The van der Waals surface area contributed by atoms with Crippen LogP contribution in [0, 0.1) is 5.82 Å². The number of nitrogens with zero attached hydrogens (tertiary/aromatic N) is 3. The third-order valence-electron chi connectivity index (χ3n) is 4.51. The van der Waals surface area contributed by atoms with Crippen LogP contribution in [-0.2, 0) is 9.53 Å². The van der Waals surface area contributed by atoms with E-state index >= 15 is 0 Å². The summed E-state index contributed by atoms with van der Waals surface area (Å²) in [4.78, 5) is 24.2. The van der Waals surface area contributed by atoms with E-state index in [4.69, 9.17) is 4.74 Å². The third-order valence-corrected chi connectivity index (χ3v) is 6.80. The van der Waals surface area contributed by atoms with Crippen molar-refractivity contribution < 1.29 is 13.9 Å². The summed E-state index contributed by atoms with van der Waals surface area (Å²) in [5.41, 5.74) is 1.77. The van der Waals surface area contributed by atoms with Crippen molar-refractivity contribution in [3.8, 4) is 10.4 Å². The lowest BCUT2D eigenvalue weighted by Crippen LogP contribution is -2.48. The smallest absolute Gasteiger partial charge is 0.233 e. The molecule has 1 aliphatic heterocycles. The van der Waals surface area contributed by atoms with Gasteiger partial charge in [-0.1, -0.05) is 23.9 Å². The first-order valence-electron chi connectivity index (χ1n) is 9.06. The van der Waals surface area contributed by atoms with E-state index in [1.165, 1.54) is 30.2 Å². The van der Waals surface area contributed by atoms with Gasteiger partial charge in [-0.25, -0.2) is 14.4 Å². The zero-order valence-electron chi connectivity index (χ0n) is 15.6. The number of carbonyl (C=O) groups is 1. The van der Waals surface area contributed by atoms with Crippen molar-refractivity contribution in [3.05, 3.63) is 42.5 Å². The molecule has 0 saturated carbocycles. The molecule has 0 aliphatic carbocycles. The molecule has 146 valence electrons. The van der Waals surface area contributed by atoms with Gasteiger partial charge in [0.1, 0.15) is 17.2 Å². The van der Waals surface area contributed by atoms with E-state index in [1.807, 2.05) is 24.8 Å². The molecule has 0 bridgehead atoms. The number of halogens is 1. The van der Waals surface area contributed by atoms with Crippen molar-refractivity contribution in [2.75, 3.05) is 18.8 Å². The Balaban J connectivity index is 1.51. The molecule has 0 radical (unpaired) electrons. The topological polar surface area (TPSA) is 55.3 Å². The Morgan fingerprint density at radius 3 is 2.68 bits per heavy atom. The van der Waals surface area contributed by atoms with E-state index in [1.54, 1.807) is 23.5 Å². The second kappa shape index (κ2) is 8.14. The molecule has 1 aromatic carbocycles. The predicted molar refractivity (Wildman–Crippen MR) is 110 cm³/mol. The van der Waals surface area contributed by atoms with Crippen LogP contribution in [0.15, 0.2) is 41.7 Å². The molecule has 1 saturated heterocycles. The minimum Gasteiger partial charge on any atom is -0.372 e.